The second-order valence-corrected chi connectivity index (χ2v) is 6.43. The number of sulfonamides is 1. The Morgan fingerprint density at radius 3 is 2.71 bits per heavy atom. The van der Waals surface area contributed by atoms with E-state index in [-0.39, 0.29) is 0 Å². The Bertz CT molecular complexity index is 673. The van der Waals surface area contributed by atoms with Gasteiger partial charge in [0.25, 0.3) is 0 Å². The highest BCUT2D eigenvalue weighted by molar-refractivity contribution is 7.88. The molecular weight excluding hydrogens is 236 g/mol. The summed E-state index contributed by atoms with van der Waals surface area (Å²) in [7, 11) is -3.09. The summed E-state index contributed by atoms with van der Waals surface area (Å²) in [6.07, 6.45) is 1.27. The summed E-state index contributed by atoms with van der Waals surface area (Å²) in [5.41, 5.74) is 2.26. The Morgan fingerprint density at radius 2 is 1.94 bits per heavy atom. The molecule has 2 heterocycles. The van der Waals surface area contributed by atoms with E-state index in [4.69, 9.17) is 0 Å². The minimum absolute atomic E-state index is 0.480. The Kier molecular flexibility index (Phi) is 2.27. The maximum Gasteiger partial charge on any atom is 0.211 e. The van der Waals surface area contributed by atoms with Gasteiger partial charge in [-0.3, -0.25) is 0 Å². The standard InChI is InChI=1S/C12H14N2O2S/c1-17(15,16)13-6-7-14-11(9-13)8-10-4-2-3-5-12(10)14/h2-5,8H,6-7,9H2,1H3. The average molecular weight is 250 g/mol. The van der Waals surface area contributed by atoms with Crippen LogP contribution in [0.25, 0.3) is 10.9 Å². The van der Waals surface area contributed by atoms with E-state index < -0.39 is 10.0 Å². The number of para-hydroxylation sites is 1. The van der Waals surface area contributed by atoms with Gasteiger partial charge in [-0.25, -0.2) is 8.42 Å². The van der Waals surface area contributed by atoms with Crippen molar-refractivity contribution >= 4 is 20.9 Å². The molecular formula is C12H14N2O2S. The molecule has 0 radical (unpaired) electrons. The van der Waals surface area contributed by atoms with E-state index in [2.05, 4.69) is 22.8 Å². The summed E-state index contributed by atoms with van der Waals surface area (Å²) < 4.78 is 26.8. The van der Waals surface area contributed by atoms with Gasteiger partial charge in [0.2, 0.25) is 10.0 Å². The Hall–Kier alpha value is -1.33. The first-order valence-electron chi connectivity index (χ1n) is 5.58. The molecule has 1 aliphatic rings. The number of rotatable bonds is 1. The monoisotopic (exact) mass is 250 g/mol. The minimum Gasteiger partial charge on any atom is -0.342 e. The third-order valence-corrected chi connectivity index (χ3v) is 4.53. The van der Waals surface area contributed by atoms with Crippen molar-refractivity contribution in [1.82, 2.24) is 8.87 Å². The third-order valence-electron chi connectivity index (χ3n) is 3.28. The fraction of sp³-hybridized carbons (Fsp3) is 0.333. The van der Waals surface area contributed by atoms with Crippen LogP contribution in [0.4, 0.5) is 0 Å². The molecule has 0 saturated carbocycles. The summed E-state index contributed by atoms with van der Waals surface area (Å²) in [6.45, 7) is 1.77. The van der Waals surface area contributed by atoms with Crippen molar-refractivity contribution in [2.24, 2.45) is 0 Å². The third kappa shape index (κ3) is 1.75. The van der Waals surface area contributed by atoms with Crippen LogP contribution in [0, 0.1) is 0 Å². The normalized spacial score (nSPS) is 17.2. The Balaban J connectivity index is 2.09. The number of nitrogens with zero attached hydrogens (tertiary/aromatic N) is 2. The Morgan fingerprint density at radius 1 is 1.18 bits per heavy atom. The molecule has 90 valence electrons. The zero-order chi connectivity index (χ0) is 12.0. The van der Waals surface area contributed by atoms with Gasteiger partial charge in [-0.2, -0.15) is 4.31 Å². The molecule has 0 spiro atoms. The summed E-state index contributed by atoms with van der Waals surface area (Å²) in [6, 6.07) is 10.2. The van der Waals surface area contributed by atoms with Crippen molar-refractivity contribution in [3.8, 4) is 0 Å². The van der Waals surface area contributed by atoms with Crippen molar-refractivity contribution in [2.75, 3.05) is 12.8 Å². The maximum absolute atomic E-state index is 11.5. The fourth-order valence-electron chi connectivity index (χ4n) is 2.42. The van der Waals surface area contributed by atoms with E-state index in [0.717, 1.165) is 12.2 Å². The van der Waals surface area contributed by atoms with Crippen LogP contribution < -0.4 is 0 Å². The van der Waals surface area contributed by atoms with Gasteiger partial charge in [-0.15, -0.1) is 0 Å². The summed E-state index contributed by atoms with van der Waals surface area (Å²) in [5.74, 6) is 0. The highest BCUT2D eigenvalue weighted by atomic mass is 32.2. The topological polar surface area (TPSA) is 42.3 Å². The molecule has 17 heavy (non-hydrogen) atoms. The van der Waals surface area contributed by atoms with Gasteiger partial charge in [-0.1, -0.05) is 18.2 Å². The molecule has 0 atom stereocenters. The van der Waals surface area contributed by atoms with E-state index >= 15 is 0 Å². The van der Waals surface area contributed by atoms with E-state index in [1.165, 1.54) is 21.5 Å². The van der Waals surface area contributed by atoms with E-state index in [0.29, 0.717) is 13.1 Å². The maximum atomic E-state index is 11.5. The smallest absolute Gasteiger partial charge is 0.211 e. The number of benzene rings is 1. The van der Waals surface area contributed by atoms with E-state index in [1.54, 1.807) is 0 Å². The van der Waals surface area contributed by atoms with Crippen LogP contribution in [0.5, 0.6) is 0 Å². The van der Waals surface area contributed by atoms with E-state index in [1.807, 2.05) is 12.1 Å². The molecule has 2 aromatic rings. The fourth-order valence-corrected chi connectivity index (χ4v) is 3.20. The molecule has 4 nitrogen and oxygen atoms in total. The quantitative estimate of drug-likeness (QED) is 0.768. The largest absolute Gasteiger partial charge is 0.342 e. The summed E-state index contributed by atoms with van der Waals surface area (Å²) in [5, 5.41) is 1.18. The van der Waals surface area contributed by atoms with Gasteiger partial charge < -0.3 is 4.57 Å². The average Bonchev–Trinajstić information content (AvgIpc) is 2.65. The molecule has 0 fully saturated rings. The lowest BCUT2D eigenvalue weighted by molar-refractivity contribution is 0.348. The first kappa shape index (κ1) is 10.8. The molecule has 0 aliphatic carbocycles. The molecule has 0 N–H and O–H groups in total. The minimum atomic E-state index is -3.09. The lowest BCUT2D eigenvalue weighted by Gasteiger charge is -2.26. The lowest BCUT2D eigenvalue weighted by Crippen LogP contribution is -2.37. The molecule has 0 bridgehead atoms. The molecule has 5 heteroatoms. The molecule has 3 rings (SSSR count). The zero-order valence-electron chi connectivity index (χ0n) is 9.63. The molecule has 0 saturated heterocycles. The highest BCUT2D eigenvalue weighted by Gasteiger charge is 2.24. The Labute approximate surface area is 101 Å². The molecule has 0 unspecified atom stereocenters. The van der Waals surface area contributed by atoms with Gasteiger partial charge >= 0.3 is 0 Å². The van der Waals surface area contributed by atoms with Crippen LogP contribution in [0.15, 0.2) is 30.3 Å². The van der Waals surface area contributed by atoms with Crippen molar-refractivity contribution in [3.63, 3.8) is 0 Å². The van der Waals surface area contributed by atoms with Gasteiger partial charge in [0.05, 0.1) is 12.8 Å². The van der Waals surface area contributed by atoms with Gasteiger partial charge in [0.15, 0.2) is 0 Å². The van der Waals surface area contributed by atoms with Gasteiger partial charge in [-0.05, 0) is 17.5 Å². The van der Waals surface area contributed by atoms with Crippen LogP contribution in [0.1, 0.15) is 5.69 Å². The molecule has 1 aromatic heterocycles. The highest BCUT2D eigenvalue weighted by Crippen LogP contribution is 2.24. The molecule has 1 aliphatic heterocycles. The van der Waals surface area contributed by atoms with Crippen molar-refractivity contribution in [3.05, 3.63) is 36.0 Å². The first-order valence-corrected chi connectivity index (χ1v) is 7.43. The second kappa shape index (κ2) is 3.58. The number of aromatic nitrogens is 1. The first-order chi connectivity index (χ1) is 8.05. The van der Waals surface area contributed by atoms with Crippen LogP contribution in [-0.2, 0) is 23.1 Å². The number of hydrogen-bond acceptors (Lipinski definition) is 2. The van der Waals surface area contributed by atoms with Crippen LogP contribution in [-0.4, -0.2) is 30.1 Å². The predicted molar refractivity (Wildman–Crippen MR) is 67.2 cm³/mol. The van der Waals surface area contributed by atoms with Crippen molar-refractivity contribution in [1.29, 1.82) is 0 Å². The number of hydrogen-bond donors (Lipinski definition) is 0. The zero-order valence-corrected chi connectivity index (χ0v) is 10.4. The molecule has 0 amide bonds. The van der Waals surface area contributed by atoms with Crippen LogP contribution in [0.2, 0.25) is 0 Å². The SMILES string of the molecule is CS(=O)(=O)N1CCn2c(cc3ccccc32)C1. The summed E-state index contributed by atoms with van der Waals surface area (Å²) in [4.78, 5) is 0. The van der Waals surface area contributed by atoms with Crippen LogP contribution >= 0.6 is 0 Å². The number of fused-ring (bicyclic) bond motifs is 3. The van der Waals surface area contributed by atoms with Gasteiger partial charge in [0, 0.05) is 24.3 Å². The van der Waals surface area contributed by atoms with Gasteiger partial charge in [0.1, 0.15) is 0 Å². The summed E-state index contributed by atoms with van der Waals surface area (Å²) >= 11 is 0. The van der Waals surface area contributed by atoms with Crippen molar-refractivity contribution in [2.45, 2.75) is 13.1 Å². The molecule has 1 aromatic carbocycles. The predicted octanol–water partition coefficient (Wildman–Crippen LogP) is 1.42. The van der Waals surface area contributed by atoms with E-state index in [9.17, 15) is 8.42 Å². The second-order valence-electron chi connectivity index (χ2n) is 4.44. The lowest BCUT2D eigenvalue weighted by atomic mass is 10.2. The van der Waals surface area contributed by atoms with Crippen LogP contribution in [0.3, 0.4) is 0 Å². The van der Waals surface area contributed by atoms with Crippen molar-refractivity contribution < 1.29 is 8.42 Å².